The van der Waals surface area contributed by atoms with Gasteiger partial charge in [-0.3, -0.25) is 5.10 Å². The first kappa shape index (κ1) is 10.2. The molecule has 2 aromatic rings. The summed E-state index contributed by atoms with van der Waals surface area (Å²) in [7, 11) is 1.67. The third-order valence-corrected chi connectivity index (χ3v) is 3.18. The lowest BCUT2D eigenvalue weighted by Crippen LogP contribution is -1.93. The summed E-state index contributed by atoms with van der Waals surface area (Å²) in [4.78, 5) is 0. The molecule has 4 nitrogen and oxygen atoms in total. The van der Waals surface area contributed by atoms with Gasteiger partial charge in [-0.05, 0) is 18.9 Å². The van der Waals surface area contributed by atoms with Crippen molar-refractivity contribution in [1.82, 2.24) is 10.2 Å². The third kappa shape index (κ3) is 1.65. The number of H-pyrrole nitrogens is 1. The summed E-state index contributed by atoms with van der Waals surface area (Å²) < 4.78 is 5.38. The molecule has 1 heterocycles. The van der Waals surface area contributed by atoms with Gasteiger partial charge >= 0.3 is 0 Å². The van der Waals surface area contributed by atoms with Crippen LogP contribution in [0.2, 0.25) is 0 Å². The molecule has 88 valence electrons. The second kappa shape index (κ2) is 3.80. The fourth-order valence-electron chi connectivity index (χ4n) is 2.17. The lowest BCUT2D eigenvalue weighted by atomic mass is 10.0. The van der Waals surface area contributed by atoms with E-state index < -0.39 is 0 Å². The Hall–Kier alpha value is -1.97. The Morgan fingerprint density at radius 1 is 1.35 bits per heavy atom. The molecule has 17 heavy (non-hydrogen) atoms. The van der Waals surface area contributed by atoms with Gasteiger partial charge in [0.1, 0.15) is 5.75 Å². The van der Waals surface area contributed by atoms with Crippen molar-refractivity contribution in [3.8, 4) is 16.9 Å². The van der Waals surface area contributed by atoms with Crippen LogP contribution in [0.25, 0.3) is 11.1 Å². The highest BCUT2D eigenvalue weighted by Crippen LogP contribution is 2.46. The minimum absolute atomic E-state index is 0.552. The topological polar surface area (TPSA) is 63.9 Å². The van der Waals surface area contributed by atoms with Crippen molar-refractivity contribution in [1.29, 1.82) is 0 Å². The molecule has 3 N–H and O–H groups in total. The Morgan fingerprint density at radius 3 is 2.82 bits per heavy atom. The van der Waals surface area contributed by atoms with Crippen LogP contribution in [0.4, 0.5) is 5.82 Å². The molecule has 0 amide bonds. The predicted octanol–water partition coefficient (Wildman–Crippen LogP) is 2.54. The Bertz CT molecular complexity index is 543. The molecular formula is C13H15N3O. The third-order valence-electron chi connectivity index (χ3n) is 3.18. The minimum Gasteiger partial charge on any atom is -0.496 e. The highest BCUT2D eigenvalue weighted by Gasteiger charge is 2.30. The van der Waals surface area contributed by atoms with E-state index >= 15 is 0 Å². The van der Waals surface area contributed by atoms with Gasteiger partial charge in [0.25, 0.3) is 0 Å². The van der Waals surface area contributed by atoms with E-state index in [1.807, 2.05) is 24.3 Å². The number of anilines is 1. The molecule has 1 aromatic heterocycles. The van der Waals surface area contributed by atoms with Crippen molar-refractivity contribution in [3.63, 3.8) is 0 Å². The van der Waals surface area contributed by atoms with Gasteiger partial charge in [-0.1, -0.05) is 18.2 Å². The standard InChI is InChI=1S/C13H15N3O/c1-17-10-5-3-2-4-9(10)11-12(8-6-7-8)15-16-13(11)14/h2-5,8H,6-7H2,1H3,(H3,14,15,16). The van der Waals surface area contributed by atoms with Crippen LogP contribution in [0.15, 0.2) is 24.3 Å². The first-order valence-corrected chi connectivity index (χ1v) is 5.78. The lowest BCUT2D eigenvalue weighted by molar-refractivity contribution is 0.416. The molecule has 1 aliphatic carbocycles. The van der Waals surface area contributed by atoms with Crippen LogP contribution in [-0.4, -0.2) is 17.3 Å². The molecular weight excluding hydrogens is 214 g/mol. The maximum absolute atomic E-state index is 5.96. The Labute approximate surface area is 99.8 Å². The number of hydrogen-bond acceptors (Lipinski definition) is 3. The van der Waals surface area contributed by atoms with Crippen molar-refractivity contribution in [3.05, 3.63) is 30.0 Å². The van der Waals surface area contributed by atoms with E-state index in [1.165, 1.54) is 12.8 Å². The fraction of sp³-hybridized carbons (Fsp3) is 0.308. The number of aromatic amines is 1. The normalized spacial score (nSPS) is 14.9. The predicted molar refractivity (Wildman–Crippen MR) is 67.0 cm³/mol. The molecule has 0 radical (unpaired) electrons. The summed E-state index contributed by atoms with van der Waals surface area (Å²) in [6, 6.07) is 7.90. The van der Waals surface area contributed by atoms with E-state index in [0.717, 1.165) is 22.6 Å². The van der Waals surface area contributed by atoms with Crippen molar-refractivity contribution in [2.24, 2.45) is 0 Å². The van der Waals surface area contributed by atoms with Crippen LogP contribution in [0.5, 0.6) is 5.75 Å². The summed E-state index contributed by atoms with van der Waals surface area (Å²) in [6.07, 6.45) is 2.42. The van der Waals surface area contributed by atoms with E-state index in [9.17, 15) is 0 Å². The first-order chi connectivity index (χ1) is 8.31. The van der Waals surface area contributed by atoms with E-state index in [0.29, 0.717) is 11.7 Å². The highest BCUT2D eigenvalue weighted by atomic mass is 16.5. The van der Waals surface area contributed by atoms with Crippen molar-refractivity contribution >= 4 is 5.82 Å². The van der Waals surface area contributed by atoms with Crippen molar-refractivity contribution in [2.45, 2.75) is 18.8 Å². The molecule has 4 heteroatoms. The number of ether oxygens (including phenoxy) is 1. The monoisotopic (exact) mass is 229 g/mol. The number of rotatable bonds is 3. The molecule has 1 aliphatic rings. The largest absolute Gasteiger partial charge is 0.496 e. The SMILES string of the molecule is COc1ccccc1-c1c(N)n[nH]c1C1CC1. The van der Waals surface area contributed by atoms with Crippen LogP contribution in [0, 0.1) is 0 Å². The molecule has 0 unspecified atom stereocenters. The second-order valence-electron chi connectivity index (χ2n) is 4.37. The molecule has 0 saturated heterocycles. The van der Waals surface area contributed by atoms with Crippen molar-refractivity contribution in [2.75, 3.05) is 12.8 Å². The number of methoxy groups -OCH3 is 1. The van der Waals surface area contributed by atoms with Gasteiger partial charge in [0, 0.05) is 17.2 Å². The second-order valence-corrected chi connectivity index (χ2v) is 4.37. The van der Waals surface area contributed by atoms with Crippen LogP contribution < -0.4 is 10.5 Å². The van der Waals surface area contributed by atoms with E-state index in [-0.39, 0.29) is 0 Å². The minimum atomic E-state index is 0.552. The van der Waals surface area contributed by atoms with Gasteiger partial charge in [-0.2, -0.15) is 5.10 Å². The summed E-state index contributed by atoms with van der Waals surface area (Å²) in [5, 5.41) is 7.18. The van der Waals surface area contributed by atoms with Gasteiger partial charge < -0.3 is 10.5 Å². The first-order valence-electron chi connectivity index (χ1n) is 5.78. The molecule has 0 atom stereocenters. The number of nitrogens with two attached hydrogens (primary N) is 1. The van der Waals surface area contributed by atoms with E-state index in [1.54, 1.807) is 7.11 Å². The molecule has 0 aliphatic heterocycles. The molecule has 0 spiro atoms. The van der Waals surface area contributed by atoms with Gasteiger partial charge in [0.2, 0.25) is 0 Å². The maximum atomic E-state index is 5.96. The van der Waals surface area contributed by atoms with Gasteiger partial charge in [-0.25, -0.2) is 0 Å². The smallest absolute Gasteiger partial charge is 0.153 e. The Kier molecular flexibility index (Phi) is 2.28. The summed E-state index contributed by atoms with van der Waals surface area (Å²) in [5.74, 6) is 1.97. The lowest BCUT2D eigenvalue weighted by Gasteiger charge is -2.08. The Balaban J connectivity index is 2.16. The zero-order valence-corrected chi connectivity index (χ0v) is 9.73. The quantitative estimate of drug-likeness (QED) is 0.850. The molecule has 1 fully saturated rings. The van der Waals surface area contributed by atoms with Crippen LogP contribution >= 0.6 is 0 Å². The summed E-state index contributed by atoms with van der Waals surface area (Å²) in [5.41, 5.74) is 9.13. The van der Waals surface area contributed by atoms with Gasteiger partial charge in [0.05, 0.1) is 12.7 Å². The Morgan fingerprint density at radius 2 is 2.12 bits per heavy atom. The number of para-hydroxylation sites is 1. The number of hydrogen-bond donors (Lipinski definition) is 2. The zero-order valence-electron chi connectivity index (χ0n) is 9.73. The summed E-state index contributed by atoms with van der Waals surface area (Å²) >= 11 is 0. The van der Waals surface area contributed by atoms with Crippen LogP contribution in [-0.2, 0) is 0 Å². The van der Waals surface area contributed by atoms with Crippen LogP contribution in [0.1, 0.15) is 24.5 Å². The molecule has 1 saturated carbocycles. The fourth-order valence-corrected chi connectivity index (χ4v) is 2.17. The number of benzene rings is 1. The average Bonchev–Trinajstić information content (AvgIpc) is 3.13. The molecule has 0 bridgehead atoms. The molecule has 1 aromatic carbocycles. The maximum Gasteiger partial charge on any atom is 0.153 e. The van der Waals surface area contributed by atoms with Gasteiger partial charge in [0.15, 0.2) is 5.82 Å². The number of nitrogens with zero attached hydrogens (tertiary/aromatic N) is 1. The van der Waals surface area contributed by atoms with Gasteiger partial charge in [-0.15, -0.1) is 0 Å². The van der Waals surface area contributed by atoms with E-state index in [2.05, 4.69) is 10.2 Å². The average molecular weight is 229 g/mol. The van der Waals surface area contributed by atoms with Crippen LogP contribution in [0.3, 0.4) is 0 Å². The zero-order chi connectivity index (χ0) is 11.8. The number of nitrogens with one attached hydrogen (secondary N) is 1. The number of nitrogen functional groups attached to an aromatic ring is 1. The number of aromatic nitrogens is 2. The summed E-state index contributed by atoms with van der Waals surface area (Å²) in [6.45, 7) is 0. The van der Waals surface area contributed by atoms with E-state index in [4.69, 9.17) is 10.5 Å². The molecule has 3 rings (SSSR count). The van der Waals surface area contributed by atoms with Crippen molar-refractivity contribution < 1.29 is 4.74 Å². The highest BCUT2D eigenvalue weighted by molar-refractivity contribution is 5.81.